The summed E-state index contributed by atoms with van der Waals surface area (Å²) in [5.41, 5.74) is -0.655. The summed E-state index contributed by atoms with van der Waals surface area (Å²) < 4.78 is 5.68. The van der Waals surface area contributed by atoms with Gasteiger partial charge in [-0.15, -0.1) is 0 Å². The number of carbonyl (C=O) groups is 3. The Balaban J connectivity index is 1.74. The molecule has 0 aromatic rings. The van der Waals surface area contributed by atoms with Crippen LogP contribution in [-0.4, -0.2) is 34.3 Å². The summed E-state index contributed by atoms with van der Waals surface area (Å²) >= 11 is 0. The van der Waals surface area contributed by atoms with Gasteiger partial charge in [0.25, 0.3) is 0 Å². The van der Waals surface area contributed by atoms with Gasteiger partial charge in [0.2, 0.25) is 5.60 Å². The minimum Gasteiger partial charge on any atom is -0.448 e. The highest BCUT2D eigenvalue weighted by molar-refractivity contribution is 5.92. The van der Waals surface area contributed by atoms with Gasteiger partial charge in [-0.1, -0.05) is 19.4 Å². The van der Waals surface area contributed by atoms with Gasteiger partial charge in [0.05, 0.1) is 0 Å². The molecule has 4 aliphatic carbocycles. The number of ketones is 2. The molecule has 0 aromatic heterocycles. The van der Waals surface area contributed by atoms with E-state index in [4.69, 9.17) is 4.74 Å². The Hall–Kier alpha value is -1.49. The zero-order valence-corrected chi connectivity index (χ0v) is 17.4. The lowest BCUT2D eigenvalue weighted by molar-refractivity contribution is -0.199. The number of carbonyl (C=O) groups excluding carboxylic acids is 3. The lowest BCUT2D eigenvalue weighted by Crippen LogP contribution is -2.61. The van der Waals surface area contributed by atoms with Crippen LogP contribution in [0.4, 0.5) is 0 Å². The molecule has 4 rings (SSSR count). The fraction of sp³-hybridized carbons (Fsp3) is 0.783. The number of hydrogen-bond acceptors (Lipinski definition) is 5. The van der Waals surface area contributed by atoms with E-state index in [1.54, 1.807) is 0 Å². The molecular weight excluding hydrogens is 356 g/mol. The Morgan fingerprint density at radius 1 is 1.11 bits per heavy atom. The van der Waals surface area contributed by atoms with Crippen molar-refractivity contribution >= 4 is 17.5 Å². The van der Waals surface area contributed by atoms with Gasteiger partial charge in [-0.2, -0.15) is 0 Å². The molecule has 154 valence electrons. The molecule has 0 heterocycles. The standard InChI is InChI=1S/C23H32O5/c1-13(24)23(28-14(2)25)20(27)12-19-17-6-5-15-11-16(26)7-9-21(15,3)18(17)8-10-22(19,23)4/h11,17-20,27H,5-10,12H2,1-4H3/t17-,18+,19+,20+,21+,22+,23-/m1/s1. The summed E-state index contributed by atoms with van der Waals surface area (Å²) in [6, 6.07) is 0. The Bertz CT molecular complexity index is 769. The van der Waals surface area contributed by atoms with E-state index in [-0.39, 0.29) is 22.9 Å². The van der Waals surface area contributed by atoms with Gasteiger partial charge in [-0.25, -0.2) is 0 Å². The van der Waals surface area contributed by atoms with Gasteiger partial charge in [-0.3, -0.25) is 14.4 Å². The summed E-state index contributed by atoms with van der Waals surface area (Å²) in [4.78, 5) is 36.6. The van der Waals surface area contributed by atoms with Crippen LogP contribution in [0.3, 0.4) is 0 Å². The average molecular weight is 389 g/mol. The highest BCUT2D eigenvalue weighted by Crippen LogP contribution is 2.68. The smallest absolute Gasteiger partial charge is 0.303 e. The van der Waals surface area contributed by atoms with Gasteiger partial charge in [0.15, 0.2) is 11.6 Å². The van der Waals surface area contributed by atoms with Crippen LogP contribution in [0.25, 0.3) is 0 Å². The van der Waals surface area contributed by atoms with E-state index in [1.807, 2.05) is 13.0 Å². The second kappa shape index (κ2) is 6.25. The molecular formula is C23H32O5. The third kappa shape index (κ3) is 2.38. The molecule has 0 radical (unpaired) electrons. The van der Waals surface area contributed by atoms with Gasteiger partial charge in [-0.05, 0) is 74.7 Å². The molecule has 0 aromatic carbocycles. The Labute approximate surface area is 166 Å². The van der Waals surface area contributed by atoms with Crippen LogP contribution in [0.15, 0.2) is 11.6 Å². The van der Waals surface area contributed by atoms with Crippen LogP contribution in [-0.2, 0) is 19.1 Å². The minimum atomic E-state index is -1.44. The van der Waals surface area contributed by atoms with Gasteiger partial charge < -0.3 is 9.84 Å². The number of aliphatic hydroxyl groups is 1. The molecule has 5 nitrogen and oxygen atoms in total. The Morgan fingerprint density at radius 2 is 1.82 bits per heavy atom. The largest absolute Gasteiger partial charge is 0.448 e. The maximum Gasteiger partial charge on any atom is 0.303 e. The van der Waals surface area contributed by atoms with Crippen LogP contribution in [0.5, 0.6) is 0 Å². The summed E-state index contributed by atoms with van der Waals surface area (Å²) in [6.45, 7) is 7.12. The highest BCUT2D eigenvalue weighted by atomic mass is 16.6. The molecule has 1 N–H and O–H groups in total. The van der Waals surface area contributed by atoms with Crippen LogP contribution in [0.1, 0.15) is 72.6 Å². The molecule has 0 unspecified atom stereocenters. The first-order valence-electron chi connectivity index (χ1n) is 10.7. The van der Waals surface area contributed by atoms with Crippen molar-refractivity contribution in [2.75, 3.05) is 0 Å². The number of Topliss-reactive ketones (excluding diaryl/α,β-unsaturated/α-hetero) is 1. The maximum atomic E-state index is 12.8. The van der Waals surface area contributed by atoms with Crippen molar-refractivity contribution in [2.45, 2.75) is 84.3 Å². The Morgan fingerprint density at radius 3 is 2.46 bits per heavy atom. The highest BCUT2D eigenvalue weighted by Gasteiger charge is 2.71. The molecule has 0 saturated heterocycles. The van der Waals surface area contributed by atoms with Gasteiger partial charge >= 0.3 is 5.97 Å². The molecule has 0 bridgehead atoms. The first kappa shape index (κ1) is 19.8. The quantitative estimate of drug-likeness (QED) is 0.734. The molecule has 7 atom stereocenters. The van der Waals surface area contributed by atoms with E-state index in [0.717, 1.165) is 32.1 Å². The topological polar surface area (TPSA) is 80.7 Å². The summed E-state index contributed by atoms with van der Waals surface area (Å²) in [6.07, 6.45) is 6.50. The fourth-order valence-corrected chi connectivity index (χ4v) is 7.68. The van der Waals surface area contributed by atoms with E-state index in [9.17, 15) is 19.5 Å². The fourth-order valence-electron chi connectivity index (χ4n) is 7.68. The third-order valence-corrected chi connectivity index (χ3v) is 8.97. The molecule has 5 heteroatoms. The molecule has 3 fully saturated rings. The van der Waals surface area contributed by atoms with Crippen LogP contribution < -0.4 is 0 Å². The zero-order valence-electron chi connectivity index (χ0n) is 17.4. The van der Waals surface area contributed by atoms with E-state index < -0.39 is 23.1 Å². The normalized spacial score (nSPS) is 47.5. The van der Waals surface area contributed by atoms with Crippen molar-refractivity contribution in [3.05, 3.63) is 11.6 Å². The first-order valence-corrected chi connectivity index (χ1v) is 10.7. The number of allylic oxidation sites excluding steroid dienone is 1. The monoisotopic (exact) mass is 388 g/mol. The second-order valence-electron chi connectivity index (χ2n) is 10.1. The predicted molar refractivity (Wildman–Crippen MR) is 103 cm³/mol. The third-order valence-electron chi connectivity index (χ3n) is 8.97. The Kier molecular flexibility index (Phi) is 4.42. The number of hydrogen-bond donors (Lipinski definition) is 1. The number of esters is 1. The number of aliphatic hydroxyl groups excluding tert-OH is 1. The van der Waals surface area contributed by atoms with Crippen LogP contribution in [0.2, 0.25) is 0 Å². The number of fused-ring (bicyclic) bond motifs is 5. The minimum absolute atomic E-state index is 0.0337. The van der Waals surface area contributed by atoms with E-state index in [1.165, 1.54) is 19.4 Å². The molecule has 4 aliphatic rings. The SMILES string of the molecule is CC(=O)O[C@]1(C(C)=O)[C@@H](O)C[C@H]2[C@@H]3CCC4=CC(=O)CC[C@]4(C)[C@H]3CC[C@@]21C. The van der Waals surface area contributed by atoms with Crippen molar-refractivity contribution < 1.29 is 24.2 Å². The van der Waals surface area contributed by atoms with Crippen molar-refractivity contribution in [1.82, 2.24) is 0 Å². The van der Waals surface area contributed by atoms with Crippen molar-refractivity contribution in [1.29, 1.82) is 0 Å². The lowest BCUT2D eigenvalue weighted by Gasteiger charge is -2.59. The number of ether oxygens (including phenoxy) is 1. The molecule has 0 amide bonds. The maximum absolute atomic E-state index is 12.8. The van der Waals surface area contributed by atoms with Gasteiger partial charge in [0.1, 0.15) is 6.10 Å². The molecule has 0 spiro atoms. The van der Waals surface area contributed by atoms with E-state index in [2.05, 4.69) is 6.92 Å². The predicted octanol–water partition coefficient (Wildman–Crippen LogP) is 3.38. The van der Waals surface area contributed by atoms with Crippen LogP contribution >= 0.6 is 0 Å². The van der Waals surface area contributed by atoms with E-state index >= 15 is 0 Å². The van der Waals surface area contributed by atoms with Crippen molar-refractivity contribution in [3.8, 4) is 0 Å². The molecule has 28 heavy (non-hydrogen) atoms. The van der Waals surface area contributed by atoms with E-state index in [0.29, 0.717) is 24.7 Å². The van der Waals surface area contributed by atoms with Gasteiger partial charge in [0, 0.05) is 18.8 Å². The summed E-state index contributed by atoms with van der Waals surface area (Å²) in [5, 5.41) is 11.0. The number of rotatable bonds is 2. The second-order valence-corrected chi connectivity index (χ2v) is 10.1. The average Bonchev–Trinajstić information content (AvgIpc) is 2.83. The molecule has 0 aliphatic heterocycles. The molecule has 3 saturated carbocycles. The van der Waals surface area contributed by atoms with Crippen molar-refractivity contribution in [2.24, 2.45) is 28.6 Å². The first-order chi connectivity index (χ1) is 13.1. The zero-order chi connectivity index (χ0) is 20.5. The lowest BCUT2D eigenvalue weighted by atomic mass is 9.46. The van der Waals surface area contributed by atoms with Crippen LogP contribution in [0, 0.1) is 28.6 Å². The van der Waals surface area contributed by atoms with Crippen molar-refractivity contribution in [3.63, 3.8) is 0 Å². The summed E-state index contributed by atoms with van der Waals surface area (Å²) in [7, 11) is 0. The summed E-state index contributed by atoms with van der Waals surface area (Å²) in [5.74, 6) is 0.453.